The van der Waals surface area contributed by atoms with Gasteiger partial charge in [-0.25, -0.2) is 0 Å². The second-order valence-electron chi connectivity index (χ2n) is 5.28. The lowest BCUT2D eigenvalue weighted by molar-refractivity contribution is 0.525. The van der Waals surface area contributed by atoms with Crippen molar-refractivity contribution in [2.75, 3.05) is 0 Å². The third kappa shape index (κ3) is 2.82. The number of halogens is 1. The molecule has 3 aromatic rings. The Morgan fingerprint density at radius 3 is 2.57 bits per heavy atom. The molecule has 1 atom stereocenters. The van der Waals surface area contributed by atoms with Crippen molar-refractivity contribution in [2.45, 2.75) is 25.8 Å². The van der Waals surface area contributed by atoms with Crippen LogP contribution in [0.4, 0.5) is 0 Å². The summed E-state index contributed by atoms with van der Waals surface area (Å²) in [6.45, 7) is 2.18. The largest absolute Gasteiger partial charge is 0.457 e. The zero-order chi connectivity index (χ0) is 14.8. The monoisotopic (exact) mass is 299 g/mol. The highest BCUT2D eigenvalue weighted by atomic mass is 35.5. The molecule has 3 heteroatoms. The van der Waals surface area contributed by atoms with E-state index in [-0.39, 0.29) is 6.04 Å². The molecular formula is C18H18ClNO. The minimum atomic E-state index is -0.274. The van der Waals surface area contributed by atoms with Crippen LogP contribution >= 0.6 is 11.6 Å². The molecule has 21 heavy (non-hydrogen) atoms. The van der Waals surface area contributed by atoms with E-state index >= 15 is 0 Å². The maximum Gasteiger partial charge on any atom is 0.152 e. The summed E-state index contributed by atoms with van der Waals surface area (Å²) < 4.78 is 5.84. The highest BCUT2D eigenvalue weighted by molar-refractivity contribution is 6.34. The standard InChI is InChI=1S/C18H18ClNO/c1-2-4-12-7-9-13(10-8-12)17(20)16-11-14-5-3-6-15(19)18(14)21-16/h3,5-11,17H,2,4,20H2,1H3. The maximum atomic E-state index is 6.32. The molecule has 0 saturated heterocycles. The molecule has 0 aliphatic rings. The maximum absolute atomic E-state index is 6.32. The van der Waals surface area contributed by atoms with E-state index in [2.05, 4.69) is 31.2 Å². The minimum absolute atomic E-state index is 0.274. The molecule has 0 saturated carbocycles. The summed E-state index contributed by atoms with van der Waals surface area (Å²) >= 11 is 6.14. The van der Waals surface area contributed by atoms with Gasteiger partial charge in [-0.1, -0.05) is 61.3 Å². The van der Waals surface area contributed by atoms with Gasteiger partial charge in [0, 0.05) is 5.39 Å². The Morgan fingerprint density at radius 2 is 1.90 bits per heavy atom. The quantitative estimate of drug-likeness (QED) is 0.729. The molecule has 0 aliphatic heterocycles. The molecule has 1 unspecified atom stereocenters. The average molecular weight is 300 g/mol. The van der Waals surface area contributed by atoms with Crippen LogP contribution in [-0.4, -0.2) is 0 Å². The second-order valence-corrected chi connectivity index (χ2v) is 5.68. The molecule has 0 fully saturated rings. The van der Waals surface area contributed by atoms with Gasteiger partial charge in [0.15, 0.2) is 5.58 Å². The molecule has 2 N–H and O–H groups in total. The third-order valence-electron chi connectivity index (χ3n) is 3.70. The summed E-state index contributed by atoms with van der Waals surface area (Å²) in [4.78, 5) is 0. The molecule has 0 aliphatic carbocycles. The molecule has 0 bridgehead atoms. The van der Waals surface area contributed by atoms with Crippen LogP contribution in [0.2, 0.25) is 5.02 Å². The first-order chi connectivity index (χ1) is 10.2. The Balaban J connectivity index is 1.92. The Bertz CT molecular complexity index is 746. The van der Waals surface area contributed by atoms with Crippen LogP contribution < -0.4 is 5.73 Å². The lowest BCUT2D eigenvalue weighted by atomic mass is 10.0. The van der Waals surface area contributed by atoms with Gasteiger partial charge in [0.25, 0.3) is 0 Å². The van der Waals surface area contributed by atoms with Crippen molar-refractivity contribution in [2.24, 2.45) is 5.73 Å². The average Bonchev–Trinajstić information content (AvgIpc) is 2.93. The fourth-order valence-electron chi connectivity index (χ4n) is 2.55. The van der Waals surface area contributed by atoms with Gasteiger partial charge in [0.2, 0.25) is 0 Å². The van der Waals surface area contributed by atoms with E-state index in [1.54, 1.807) is 0 Å². The highest BCUT2D eigenvalue weighted by Crippen LogP contribution is 2.31. The van der Waals surface area contributed by atoms with Crippen molar-refractivity contribution in [3.05, 3.63) is 70.4 Å². The first kappa shape index (κ1) is 14.2. The normalized spacial score (nSPS) is 12.7. The SMILES string of the molecule is CCCc1ccc(C(N)c2cc3cccc(Cl)c3o2)cc1. The Labute approximate surface area is 129 Å². The third-order valence-corrected chi connectivity index (χ3v) is 4.00. The summed E-state index contributed by atoms with van der Waals surface area (Å²) in [6, 6.07) is 15.8. The van der Waals surface area contributed by atoms with E-state index in [1.807, 2.05) is 24.3 Å². The molecule has 1 heterocycles. The predicted molar refractivity (Wildman–Crippen MR) is 87.7 cm³/mol. The van der Waals surface area contributed by atoms with Gasteiger partial charge >= 0.3 is 0 Å². The van der Waals surface area contributed by atoms with Crippen molar-refractivity contribution in [1.29, 1.82) is 0 Å². The number of furan rings is 1. The molecule has 3 rings (SSSR count). The Kier molecular flexibility index (Phi) is 4.00. The molecule has 108 valence electrons. The van der Waals surface area contributed by atoms with Crippen LogP contribution in [0.1, 0.15) is 36.3 Å². The first-order valence-electron chi connectivity index (χ1n) is 7.21. The number of fused-ring (bicyclic) bond motifs is 1. The van der Waals surface area contributed by atoms with Crippen molar-refractivity contribution >= 4 is 22.6 Å². The molecule has 1 aromatic heterocycles. The van der Waals surface area contributed by atoms with Gasteiger partial charge in [0.05, 0.1) is 11.1 Å². The summed E-state index contributed by atoms with van der Waals surface area (Å²) in [5.74, 6) is 0.737. The molecule has 2 aromatic carbocycles. The summed E-state index contributed by atoms with van der Waals surface area (Å²) in [7, 11) is 0. The number of hydrogen-bond acceptors (Lipinski definition) is 2. The van der Waals surface area contributed by atoms with Gasteiger partial charge in [-0.3, -0.25) is 0 Å². The molecule has 0 radical (unpaired) electrons. The number of aryl methyl sites for hydroxylation is 1. The number of nitrogens with two attached hydrogens (primary N) is 1. The van der Waals surface area contributed by atoms with Gasteiger partial charge in [-0.05, 0) is 29.7 Å². The number of rotatable bonds is 4. The van der Waals surface area contributed by atoms with E-state index in [0.717, 1.165) is 29.6 Å². The Morgan fingerprint density at radius 1 is 1.14 bits per heavy atom. The second kappa shape index (κ2) is 5.92. The smallest absolute Gasteiger partial charge is 0.152 e. The van der Waals surface area contributed by atoms with Crippen molar-refractivity contribution < 1.29 is 4.42 Å². The van der Waals surface area contributed by atoms with Crippen LogP contribution in [-0.2, 0) is 6.42 Å². The number of hydrogen-bond donors (Lipinski definition) is 1. The molecule has 0 amide bonds. The van der Waals surface area contributed by atoms with E-state index < -0.39 is 0 Å². The topological polar surface area (TPSA) is 39.2 Å². The Hall–Kier alpha value is -1.77. The van der Waals surface area contributed by atoms with Crippen LogP contribution in [0.15, 0.2) is 52.9 Å². The fraction of sp³-hybridized carbons (Fsp3) is 0.222. The fourth-order valence-corrected chi connectivity index (χ4v) is 2.77. The van der Waals surface area contributed by atoms with Crippen LogP contribution in [0, 0.1) is 0 Å². The van der Waals surface area contributed by atoms with E-state index in [9.17, 15) is 0 Å². The predicted octanol–water partition coefficient (Wildman–Crippen LogP) is 5.09. The van der Waals surface area contributed by atoms with Gasteiger partial charge in [-0.2, -0.15) is 0 Å². The van der Waals surface area contributed by atoms with Gasteiger partial charge in [-0.15, -0.1) is 0 Å². The van der Waals surface area contributed by atoms with Crippen LogP contribution in [0.3, 0.4) is 0 Å². The van der Waals surface area contributed by atoms with Crippen molar-refractivity contribution in [1.82, 2.24) is 0 Å². The van der Waals surface area contributed by atoms with Crippen LogP contribution in [0.5, 0.6) is 0 Å². The lowest BCUT2D eigenvalue weighted by Gasteiger charge is -2.09. The number of para-hydroxylation sites is 1. The van der Waals surface area contributed by atoms with Gasteiger partial charge < -0.3 is 10.2 Å². The summed E-state index contributed by atoms with van der Waals surface area (Å²) in [5.41, 5.74) is 9.40. The molecular weight excluding hydrogens is 282 g/mol. The molecule has 2 nitrogen and oxygen atoms in total. The zero-order valence-corrected chi connectivity index (χ0v) is 12.7. The van der Waals surface area contributed by atoms with Crippen molar-refractivity contribution in [3.63, 3.8) is 0 Å². The first-order valence-corrected chi connectivity index (χ1v) is 7.59. The zero-order valence-electron chi connectivity index (χ0n) is 12.0. The van der Waals surface area contributed by atoms with E-state index in [4.69, 9.17) is 21.8 Å². The van der Waals surface area contributed by atoms with Crippen molar-refractivity contribution in [3.8, 4) is 0 Å². The summed E-state index contributed by atoms with van der Waals surface area (Å²) in [5, 5.41) is 1.60. The van der Waals surface area contributed by atoms with E-state index in [0.29, 0.717) is 10.6 Å². The van der Waals surface area contributed by atoms with Gasteiger partial charge in [0.1, 0.15) is 5.76 Å². The number of benzene rings is 2. The van der Waals surface area contributed by atoms with E-state index in [1.165, 1.54) is 5.56 Å². The summed E-state index contributed by atoms with van der Waals surface area (Å²) in [6.07, 6.45) is 2.24. The minimum Gasteiger partial charge on any atom is -0.457 e. The lowest BCUT2D eigenvalue weighted by Crippen LogP contribution is -2.10. The molecule has 0 spiro atoms. The highest BCUT2D eigenvalue weighted by Gasteiger charge is 2.15. The van der Waals surface area contributed by atoms with Crippen LogP contribution in [0.25, 0.3) is 11.0 Å².